The molecule has 0 N–H and O–H groups in total. The molecule has 1 saturated carbocycles. The lowest BCUT2D eigenvalue weighted by molar-refractivity contribution is 0.321. The lowest BCUT2D eigenvalue weighted by atomic mass is 9.81. The zero-order valence-corrected chi connectivity index (χ0v) is 14.2. The Balaban J connectivity index is 2.50. The third kappa shape index (κ3) is 3.29. The first-order valence-electron chi connectivity index (χ1n) is 7.65. The Morgan fingerprint density at radius 2 is 1.73 bits per heavy atom. The number of hydrogen-bond donors (Lipinski definition) is 0. The van der Waals surface area contributed by atoms with Crippen molar-refractivity contribution in [2.24, 2.45) is 5.10 Å². The summed E-state index contributed by atoms with van der Waals surface area (Å²) < 4.78 is 16.5. The van der Waals surface area contributed by atoms with Crippen molar-refractivity contribution in [2.75, 3.05) is 35.4 Å². The number of hydrazone groups is 1. The molecule has 1 aliphatic carbocycles. The molecule has 0 heterocycles. The van der Waals surface area contributed by atoms with E-state index in [1.165, 1.54) is 18.6 Å². The maximum atomic E-state index is 5.64. The standard InChI is InChI=1S/C17H26N2O3/c1-19(2)18-14-9-7-6-8-12(14)13-10-11-15(20-3)17(22-5)16(13)21-4/h10-12H,6-9H2,1-5H3. The van der Waals surface area contributed by atoms with Gasteiger partial charge in [0, 0.05) is 31.3 Å². The van der Waals surface area contributed by atoms with Gasteiger partial charge in [0.1, 0.15) is 0 Å². The van der Waals surface area contributed by atoms with E-state index in [9.17, 15) is 0 Å². The van der Waals surface area contributed by atoms with Gasteiger partial charge in [0.05, 0.1) is 21.3 Å². The van der Waals surface area contributed by atoms with Gasteiger partial charge >= 0.3 is 0 Å². The molecule has 5 nitrogen and oxygen atoms in total. The molecule has 0 aliphatic heterocycles. The summed E-state index contributed by atoms with van der Waals surface area (Å²) in [5.74, 6) is 2.35. The van der Waals surface area contributed by atoms with Crippen LogP contribution in [0.3, 0.4) is 0 Å². The Kier molecular flexibility index (Phi) is 5.52. The second-order valence-electron chi connectivity index (χ2n) is 5.66. The molecule has 122 valence electrons. The number of benzene rings is 1. The second-order valence-corrected chi connectivity index (χ2v) is 5.66. The van der Waals surface area contributed by atoms with Crippen molar-refractivity contribution in [1.82, 2.24) is 5.01 Å². The monoisotopic (exact) mass is 306 g/mol. The maximum absolute atomic E-state index is 5.64. The van der Waals surface area contributed by atoms with Crippen LogP contribution in [0.2, 0.25) is 0 Å². The summed E-state index contributed by atoms with van der Waals surface area (Å²) in [5, 5.41) is 6.57. The summed E-state index contributed by atoms with van der Waals surface area (Å²) in [7, 11) is 8.87. The van der Waals surface area contributed by atoms with Gasteiger partial charge in [-0.1, -0.05) is 12.5 Å². The van der Waals surface area contributed by atoms with Crippen LogP contribution in [0, 0.1) is 0 Å². The minimum atomic E-state index is 0.269. The minimum absolute atomic E-state index is 0.269. The van der Waals surface area contributed by atoms with Crippen LogP contribution in [-0.4, -0.2) is 46.1 Å². The molecule has 1 unspecified atom stereocenters. The number of methoxy groups -OCH3 is 3. The van der Waals surface area contributed by atoms with E-state index in [1.54, 1.807) is 21.3 Å². The second kappa shape index (κ2) is 7.38. The molecular formula is C17H26N2O3. The number of nitrogens with zero attached hydrogens (tertiary/aromatic N) is 2. The number of ether oxygens (including phenoxy) is 3. The topological polar surface area (TPSA) is 43.3 Å². The van der Waals surface area contributed by atoms with Gasteiger partial charge in [-0.3, -0.25) is 0 Å². The SMILES string of the molecule is COc1ccc(C2CCCCC2=NN(C)C)c(OC)c1OC. The fourth-order valence-corrected chi connectivity index (χ4v) is 3.11. The maximum Gasteiger partial charge on any atom is 0.203 e. The van der Waals surface area contributed by atoms with Crippen LogP contribution in [0.5, 0.6) is 17.2 Å². The predicted molar refractivity (Wildman–Crippen MR) is 88.4 cm³/mol. The Bertz CT molecular complexity index is 541. The Labute approximate surface area is 132 Å². The van der Waals surface area contributed by atoms with Crippen molar-refractivity contribution in [1.29, 1.82) is 0 Å². The van der Waals surface area contributed by atoms with Gasteiger partial charge in [0.25, 0.3) is 0 Å². The Morgan fingerprint density at radius 1 is 1.00 bits per heavy atom. The number of rotatable bonds is 5. The molecule has 1 atom stereocenters. The van der Waals surface area contributed by atoms with E-state index in [-0.39, 0.29) is 5.92 Å². The van der Waals surface area contributed by atoms with Crippen LogP contribution in [0.1, 0.15) is 37.2 Å². The van der Waals surface area contributed by atoms with E-state index < -0.39 is 0 Å². The van der Waals surface area contributed by atoms with E-state index in [1.807, 2.05) is 25.2 Å². The molecule has 2 rings (SSSR count). The van der Waals surface area contributed by atoms with Crippen LogP contribution >= 0.6 is 0 Å². The third-order valence-electron chi connectivity index (χ3n) is 4.02. The summed E-state index contributed by atoms with van der Waals surface area (Å²) in [5.41, 5.74) is 2.34. The van der Waals surface area contributed by atoms with Gasteiger partial charge in [-0.05, 0) is 25.3 Å². The highest BCUT2D eigenvalue weighted by Crippen LogP contribution is 2.45. The van der Waals surface area contributed by atoms with Crippen molar-refractivity contribution in [2.45, 2.75) is 31.6 Å². The zero-order chi connectivity index (χ0) is 16.1. The summed E-state index contributed by atoms with van der Waals surface area (Å²) in [6, 6.07) is 4.01. The van der Waals surface area contributed by atoms with Gasteiger partial charge in [-0.15, -0.1) is 0 Å². The summed E-state index contributed by atoms with van der Waals surface area (Å²) in [6.07, 6.45) is 4.51. The molecule has 1 aromatic rings. The first-order chi connectivity index (χ1) is 10.6. The lowest BCUT2D eigenvalue weighted by Gasteiger charge is -2.28. The summed E-state index contributed by atoms with van der Waals surface area (Å²) >= 11 is 0. The Hall–Kier alpha value is -1.91. The smallest absolute Gasteiger partial charge is 0.203 e. The molecule has 0 bridgehead atoms. The van der Waals surface area contributed by atoms with Crippen molar-refractivity contribution in [3.8, 4) is 17.2 Å². The van der Waals surface area contributed by atoms with Crippen LogP contribution in [0.15, 0.2) is 17.2 Å². The molecule has 1 aliphatic rings. The van der Waals surface area contributed by atoms with Gasteiger partial charge in [0.15, 0.2) is 11.5 Å². The predicted octanol–water partition coefficient (Wildman–Crippen LogP) is 3.29. The summed E-state index contributed by atoms with van der Waals surface area (Å²) in [6.45, 7) is 0. The van der Waals surface area contributed by atoms with E-state index in [2.05, 4.69) is 6.07 Å². The van der Waals surface area contributed by atoms with Crippen molar-refractivity contribution in [3.63, 3.8) is 0 Å². The highest BCUT2D eigenvalue weighted by atomic mass is 16.5. The molecule has 22 heavy (non-hydrogen) atoms. The fourth-order valence-electron chi connectivity index (χ4n) is 3.11. The van der Waals surface area contributed by atoms with Crippen molar-refractivity contribution < 1.29 is 14.2 Å². The molecule has 5 heteroatoms. The van der Waals surface area contributed by atoms with Crippen LogP contribution in [0.4, 0.5) is 0 Å². The van der Waals surface area contributed by atoms with Crippen molar-refractivity contribution in [3.05, 3.63) is 17.7 Å². The molecular weight excluding hydrogens is 280 g/mol. The van der Waals surface area contributed by atoms with Gasteiger partial charge in [-0.25, -0.2) is 0 Å². The first kappa shape index (κ1) is 16.5. The van der Waals surface area contributed by atoms with Crippen LogP contribution in [-0.2, 0) is 0 Å². The minimum Gasteiger partial charge on any atom is -0.493 e. The van der Waals surface area contributed by atoms with Gasteiger partial charge in [-0.2, -0.15) is 5.10 Å². The highest BCUT2D eigenvalue weighted by molar-refractivity contribution is 5.92. The molecule has 0 spiro atoms. The van der Waals surface area contributed by atoms with E-state index in [0.29, 0.717) is 11.5 Å². The quantitative estimate of drug-likeness (QED) is 0.783. The number of hydrogen-bond acceptors (Lipinski definition) is 5. The zero-order valence-electron chi connectivity index (χ0n) is 14.2. The highest BCUT2D eigenvalue weighted by Gasteiger charge is 2.28. The molecule has 0 saturated heterocycles. The lowest BCUT2D eigenvalue weighted by Crippen LogP contribution is -2.21. The van der Waals surface area contributed by atoms with Gasteiger partial charge in [0.2, 0.25) is 5.75 Å². The third-order valence-corrected chi connectivity index (χ3v) is 4.02. The molecule has 0 radical (unpaired) electrons. The Morgan fingerprint density at radius 3 is 2.32 bits per heavy atom. The van der Waals surface area contributed by atoms with Gasteiger partial charge < -0.3 is 19.2 Å². The molecule has 1 fully saturated rings. The summed E-state index contributed by atoms with van der Waals surface area (Å²) in [4.78, 5) is 0. The van der Waals surface area contributed by atoms with Crippen LogP contribution < -0.4 is 14.2 Å². The first-order valence-corrected chi connectivity index (χ1v) is 7.65. The van der Waals surface area contributed by atoms with E-state index in [4.69, 9.17) is 19.3 Å². The fraction of sp³-hybridized carbons (Fsp3) is 0.588. The molecule has 1 aromatic carbocycles. The van der Waals surface area contributed by atoms with E-state index in [0.717, 1.165) is 24.2 Å². The largest absolute Gasteiger partial charge is 0.493 e. The van der Waals surface area contributed by atoms with Crippen LogP contribution in [0.25, 0.3) is 0 Å². The average molecular weight is 306 g/mol. The van der Waals surface area contributed by atoms with Crippen molar-refractivity contribution >= 4 is 5.71 Å². The average Bonchev–Trinajstić information content (AvgIpc) is 2.53. The molecule has 0 aromatic heterocycles. The normalized spacial score (nSPS) is 19.9. The van der Waals surface area contributed by atoms with E-state index >= 15 is 0 Å². The molecule has 0 amide bonds.